The minimum atomic E-state index is -1.75. The molecule has 0 aromatic rings. The molecule has 0 unspecified atom stereocenters. The maximum Gasteiger partial charge on any atom is 0.303 e. The van der Waals surface area contributed by atoms with Crippen molar-refractivity contribution in [1.29, 1.82) is 0 Å². The average Bonchev–Trinajstić information content (AvgIpc) is 2.98. The van der Waals surface area contributed by atoms with E-state index in [2.05, 4.69) is 37.2 Å². The Bertz CT molecular complexity index is 1200. The van der Waals surface area contributed by atoms with Gasteiger partial charge in [-0.3, -0.25) is 48.5 Å². The fourth-order valence-electron chi connectivity index (χ4n) is 4.12. The topological polar surface area (TPSA) is 339 Å². The molecule has 47 heavy (non-hydrogen) atoms. The molecular weight excluding hydrogens is 634 g/mol. The van der Waals surface area contributed by atoms with E-state index in [1.807, 2.05) is 0 Å². The highest BCUT2D eigenvalue weighted by atomic mass is 16.4. The predicted molar refractivity (Wildman–Crippen MR) is 155 cm³/mol. The van der Waals surface area contributed by atoms with E-state index in [4.69, 9.17) is 15.3 Å². The molecule has 21 heteroatoms. The smallest absolute Gasteiger partial charge is 0.303 e. The number of aliphatic hydroxyl groups is 2. The highest BCUT2D eigenvalue weighted by molar-refractivity contribution is 5.96. The summed E-state index contributed by atoms with van der Waals surface area (Å²) in [6, 6.07) is -7.66. The second-order valence-corrected chi connectivity index (χ2v) is 10.7. The number of hydrogen-bond donors (Lipinski definition) is 12. The van der Waals surface area contributed by atoms with Gasteiger partial charge in [0.2, 0.25) is 35.4 Å². The number of carboxylic acids is 3. The van der Waals surface area contributed by atoms with Gasteiger partial charge in [0.15, 0.2) is 0 Å². The summed E-state index contributed by atoms with van der Waals surface area (Å²) in [5, 5.41) is 63.7. The quantitative estimate of drug-likeness (QED) is 0.103. The Morgan fingerprint density at radius 1 is 0.681 bits per heavy atom. The van der Waals surface area contributed by atoms with Crippen LogP contribution >= 0.6 is 0 Å². The van der Waals surface area contributed by atoms with Crippen LogP contribution in [0.25, 0.3) is 0 Å². The van der Waals surface area contributed by atoms with E-state index in [9.17, 15) is 53.4 Å². The van der Waals surface area contributed by atoms with Crippen molar-refractivity contribution in [2.45, 2.75) is 94.9 Å². The van der Waals surface area contributed by atoms with E-state index < -0.39 is 141 Å². The van der Waals surface area contributed by atoms with E-state index >= 15 is 0 Å². The lowest BCUT2D eigenvalue weighted by Gasteiger charge is -2.26. The van der Waals surface area contributed by atoms with Crippen molar-refractivity contribution in [1.82, 2.24) is 37.2 Å². The minimum absolute atomic E-state index is 0.327. The Kier molecular flexibility index (Phi) is 16.7. The number of carbonyl (C=O) groups excluding carboxylic acids is 6. The second-order valence-electron chi connectivity index (χ2n) is 10.7. The lowest BCUT2D eigenvalue weighted by atomic mass is 10.1. The summed E-state index contributed by atoms with van der Waals surface area (Å²) in [5.41, 5.74) is 0. The van der Waals surface area contributed by atoms with E-state index in [0.29, 0.717) is 0 Å². The number of carboxylic acid groups (broad SMARTS) is 3. The Labute approximate surface area is 267 Å². The SMILES string of the molecule is C[C@@H]1NC(=O)CN[C@H](O)[C@H](CCC(=O)O)NC(=O)CNC(=O)[C@H]([C@@H](C)O)NC(=O)[C@H](CCC(=O)O)NC(=O)[C@H](CCC(=O)O)NC1=O. The maximum absolute atomic E-state index is 13.2. The first kappa shape index (κ1) is 40.1. The number of rotatable bonds is 10. The summed E-state index contributed by atoms with van der Waals surface area (Å²) >= 11 is 0. The third-order valence-corrected chi connectivity index (χ3v) is 6.68. The van der Waals surface area contributed by atoms with Crippen LogP contribution in [0, 0.1) is 0 Å². The molecule has 1 rings (SSSR count). The lowest BCUT2D eigenvalue weighted by molar-refractivity contribution is -0.140. The Morgan fingerprint density at radius 2 is 1.15 bits per heavy atom. The maximum atomic E-state index is 13.2. The number of aliphatic carboxylic acids is 3. The van der Waals surface area contributed by atoms with Crippen LogP contribution in [0.1, 0.15) is 52.4 Å². The zero-order valence-corrected chi connectivity index (χ0v) is 25.6. The van der Waals surface area contributed by atoms with Crippen LogP contribution in [-0.2, 0) is 43.2 Å². The Balaban J connectivity index is 3.45. The van der Waals surface area contributed by atoms with Crippen LogP contribution in [0.5, 0.6) is 0 Å². The van der Waals surface area contributed by atoms with E-state index in [1.165, 1.54) is 6.92 Å². The zero-order valence-electron chi connectivity index (χ0n) is 25.6. The molecule has 1 aliphatic heterocycles. The van der Waals surface area contributed by atoms with Crippen molar-refractivity contribution in [3.63, 3.8) is 0 Å². The van der Waals surface area contributed by atoms with Gasteiger partial charge in [0.25, 0.3) is 0 Å². The molecule has 0 aromatic heterocycles. The molecule has 1 fully saturated rings. The summed E-state index contributed by atoms with van der Waals surface area (Å²) in [5.74, 6) is -10.1. The number of nitrogens with one attached hydrogen (secondary N) is 7. The van der Waals surface area contributed by atoms with Crippen molar-refractivity contribution >= 4 is 53.4 Å². The monoisotopic (exact) mass is 675 g/mol. The summed E-state index contributed by atoms with van der Waals surface area (Å²) in [7, 11) is 0. The molecule has 6 amide bonds. The van der Waals surface area contributed by atoms with Gasteiger partial charge in [-0.15, -0.1) is 0 Å². The molecule has 0 saturated carbocycles. The Hall–Kier alpha value is -4.89. The second kappa shape index (κ2) is 19.6. The summed E-state index contributed by atoms with van der Waals surface area (Å²) in [6.07, 6.45) is -6.47. The fourth-order valence-corrected chi connectivity index (χ4v) is 4.12. The lowest BCUT2D eigenvalue weighted by Crippen LogP contribution is -2.60. The summed E-state index contributed by atoms with van der Waals surface area (Å²) < 4.78 is 0. The molecule has 264 valence electrons. The molecule has 1 heterocycles. The molecule has 0 aliphatic carbocycles. The average molecular weight is 676 g/mol. The van der Waals surface area contributed by atoms with E-state index in [1.54, 1.807) is 0 Å². The Morgan fingerprint density at radius 3 is 1.66 bits per heavy atom. The minimum Gasteiger partial charge on any atom is -0.481 e. The van der Waals surface area contributed by atoms with Crippen molar-refractivity contribution < 1.29 is 68.7 Å². The van der Waals surface area contributed by atoms with Gasteiger partial charge in [-0.25, -0.2) is 0 Å². The molecule has 0 spiro atoms. The normalized spacial score (nSPS) is 26.6. The molecule has 0 radical (unpaired) electrons. The van der Waals surface area contributed by atoms with Gasteiger partial charge in [-0.2, -0.15) is 0 Å². The molecule has 0 bridgehead atoms. The third-order valence-electron chi connectivity index (χ3n) is 6.68. The van der Waals surface area contributed by atoms with Crippen LogP contribution in [-0.4, -0.2) is 135 Å². The van der Waals surface area contributed by atoms with E-state index in [-0.39, 0.29) is 6.42 Å². The zero-order chi connectivity index (χ0) is 35.8. The molecule has 1 saturated heterocycles. The van der Waals surface area contributed by atoms with Gasteiger partial charge >= 0.3 is 17.9 Å². The standard InChI is InChI=1S/C26H41N7O14/c1-11-22(43)31-14(4-7-19(39)40)24(45)32-15(5-8-20(41)42)25(46)33-21(12(2)34)26(47)28-10-17(36)30-13(3-6-18(37)38)23(44)27-9-16(35)29-11/h11-15,21,23,27,34,44H,3-10H2,1-2H3,(H,28,47)(H,29,35)(H,30,36)(H,31,43)(H,32,45)(H,33,46)(H,37,38)(H,39,40)(H,41,42)/t11-,12+,13-,14-,15-,21-,23+/m0/s1. The van der Waals surface area contributed by atoms with Gasteiger partial charge in [0, 0.05) is 19.3 Å². The largest absolute Gasteiger partial charge is 0.481 e. The summed E-state index contributed by atoms with van der Waals surface area (Å²) in [6.45, 7) is 0.886. The van der Waals surface area contributed by atoms with Crippen molar-refractivity contribution in [2.75, 3.05) is 13.1 Å². The van der Waals surface area contributed by atoms with Crippen molar-refractivity contribution in [3.05, 3.63) is 0 Å². The number of hydrogen-bond acceptors (Lipinski definition) is 12. The first-order valence-corrected chi connectivity index (χ1v) is 14.4. The van der Waals surface area contributed by atoms with Gasteiger partial charge in [0.05, 0.1) is 25.2 Å². The van der Waals surface area contributed by atoms with Crippen molar-refractivity contribution in [3.8, 4) is 0 Å². The van der Waals surface area contributed by atoms with Gasteiger partial charge < -0.3 is 57.4 Å². The first-order valence-electron chi connectivity index (χ1n) is 14.4. The van der Waals surface area contributed by atoms with Crippen LogP contribution in [0.3, 0.4) is 0 Å². The van der Waals surface area contributed by atoms with Crippen LogP contribution in [0.15, 0.2) is 0 Å². The number of carbonyl (C=O) groups is 9. The van der Waals surface area contributed by atoms with E-state index in [0.717, 1.165) is 6.92 Å². The fraction of sp³-hybridized carbons (Fsp3) is 0.654. The molecule has 0 aromatic carbocycles. The summed E-state index contributed by atoms with van der Waals surface area (Å²) in [4.78, 5) is 111. The predicted octanol–water partition coefficient (Wildman–Crippen LogP) is -5.56. The van der Waals surface area contributed by atoms with Crippen LogP contribution < -0.4 is 37.2 Å². The number of amides is 6. The molecular formula is C26H41N7O14. The van der Waals surface area contributed by atoms with Crippen LogP contribution in [0.4, 0.5) is 0 Å². The van der Waals surface area contributed by atoms with Gasteiger partial charge in [-0.1, -0.05) is 0 Å². The molecule has 1 aliphatic rings. The molecule has 12 N–H and O–H groups in total. The first-order chi connectivity index (χ1) is 21.9. The highest BCUT2D eigenvalue weighted by Crippen LogP contribution is 2.06. The number of aliphatic hydroxyl groups excluding tert-OH is 2. The molecule has 21 nitrogen and oxygen atoms in total. The van der Waals surface area contributed by atoms with Crippen molar-refractivity contribution in [2.24, 2.45) is 0 Å². The molecule has 7 atom stereocenters. The third kappa shape index (κ3) is 15.3. The highest BCUT2D eigenvalue weighted by Gasteiger charge is 2.33. The van der Waals surface area contributed by atoms with Crippen LogP contribution in [0.2, 0.25) is 0 Å². The van der Waals surface area contributed by atoms with Gasteiger partial charge in [-0.05, 0) is 33.1 Å². The van der Waals surface area contributed by atoms with Gasteiger partial charge in [0.1, 0.15) is 30.4 Å².